The number of likely N-dealkylation sites (tertiary alicyclic amines) is 1. The van der Waals surface area contributed by atoms with E-state index in [0.717, 1.165) is 32.0 Å². The van der Waals surface area contributed by atoms with Crippen LogP contribution in [0.25, 0.3) is 0 Å². The second-order valence-electron chi connectivity index (χ2n) is 8.87. The van der Waals surface area contributed by atoms with Gasteiger partial charge in [0.1, 0.15) is 0 Å². The van der Waals surface area contributed by atoms with Gasteiger partial charge in [0.25, 0.3) is 0 Å². The highest BCUT2D eigenvalue weighted by molar-refractivity contribution is 5.31. The van der Waals surface area contributed by atoms with Crippen molar-refractivity contribution in [1.82, 2.24) is 4.90 Å². The molecule has 0 bridgehead atoms. The molecule has 1 unspecified atom stereocenters. The number of ether oxygens (including phenoxy) is 2. The monoisotopic (exact) mass is 407 g/mol. The van der Waals surface area contributed by atoms with Crippen LogP contribution in [-0.4, -0.2) is 37.5 Å². The van der Waals surface area contributed by atoms with Crippen molar-refractivity contribution in [3.8, 4) is 0 Å². The fraction of sp³-hybridized carbons (Fsp3) is 0.556. The maximum Gasteiger partial charge on any atom is 0.157 e. The molecule has 2 fully saturated rings. The summed E-state index contributed by atoms with van der Waals surface area (Å²) in [5.74, 6) is 0.861. The van der Waals surface area contributed by atoms with Gasteiger partial charge in [0.05, 0.1) is 6.04 Å². The van der Waals surface area contributed by atoms with E-state index in [1.54, 1.807) is 0 Å². The zero-order chi connectivity index (χ0) is 20.4. The van der Waals surface area contributed by atoms with E-state index in [-0.39, 0.29) is 6.29 Å². The van der Waals surface area contributed by atoms with Crippen molar-refractivity contribution in [2.45, 2.75) is 63.7 Å². The number of nitrogens with zero attached hydrogens (tertiary/aromatic N) is 1. The van der Waals surface area contributed by atoms with Gasteiger partial charge in [-0.25, -0.2) is 0 Å². The Morgan fingerprint density at radius 3 is 2.10 bits per heavy atom. The van der Waals surface area contributed by atoms with E-state index in [0.29, 0.717) is 6.04 Å². The highest BCUT2D eigenvalue weighted by atomic mass is 16.7. The lowest BCUT2D eigenvalue weighted by Gasteiger charge is -2.38. The first-order chi connectivity index (χ1) is 14.9. The average molecular weight is 408 g/mol. The lowest BCUT2D eigenvalue weighted by molar-refractivity contribution is -0.162. The van der Waals surface area contributed by atoms with Crippen LogP contribution in [0.2, 0.25) is 0 Å². The van der Waals surface area contributed by atoms with E-state index >= 15 is 0 Å². The van der Waals surface area contributed by atoms with Crippen molar-refractivity contribution in [3.05, 3.63) is 71.8 Å². The Hall–Kier alpha value is -1.68. The Kier molecular flexibility index (Phi) is 8.36. The molecule has 0 aliphatic carbocycles. The Morgan fingerprint density at radius 1 is 0.833 bits per heavy atom. The smallest absolute Gasteiger partial charge is 0.157 e. The largest absolute Gasteiger partial charge is 0.353 e. The van der Waals surface area contributed by atoms with Crippen molar-refractivity contribution in [3.63, 3.8) is 0 Å². The maximum atomic E-state index is 5.89. The Labute approximate surface area is 182 Å². The standard InChI is InChI=1S/C27H37NO2/c1-3-12-24(13-4-1)27(25-14-5-2-6-15-25)28-19-17-23(18-20-28)11-7-9-21-29-26-16-8-10-22-30-26/h1-6,12-15,23,26-27H,7-11,16-22H2. The second-order valence-corrected chi connectivity index (χ2v) is 8.87. The molecule has 2 aliphatic rings. The molecule has 0 radical (unpaired) electrons. The van der Waals surface area contributed by atoms with Crippen molar-refractivity contribution in [1.29, 1.82) is 0 Å². The van der Waals surface area contributed by atoms with Crippen LogP contribution in [0.3, 0.4) is 0 Å². The third-order valence-corrected chi connectivity index (χ3v) is 6.69. The summed E-state index contributed by atoms with van der Waals surface area (Å²) in [5.41, 5.74) is 2.81. The van der Waals surface area contributed by atoms with Crippen LogP contribution in [0.1, 0.15) is 68.5 Å². The summed E-state index contributed by atoms with van der Waals surface area (Å²) < 4.78 is 11.5. The van der Waals surface area contributed by atoms with E-state index in [4.69, 9.17) is 9.47 Å². The molecule has 162 valence electrons. The summed E-state index contributed by atoms with van der Waals surface area (Å²) in [6, 6.07) is 22.4. The normalized spacial score (nSPS) is 21.2. The summed E-state index contributed by atoms with van der Waals surface area (Å²) in [6.45, 7) is 4.10. The van der Waals surface area contributed by atoms with Crippen LogP contribution in [0.4, 0.5) is 0 Å². The second kappa shape index (κ2) is 11.6. The molecule has 30 heavy (non-hydrogen) atoms. The lowest BCUT2D eigenvalue weighted by atomic mass is 9.88. The third-order valence-electron chi connectivity index (χ3n) is 6.69. The zero-order valence-corrected chi connectivity index (χ0v) is 18.3. The zero-order valence-electron chi connectivity index (χ0n) is 18.3. The van der Waals surface area contributed by atoms with Gasteiger partial charge in [-0.15, -0.1) is 0 Å². The van der Waals surface area contributed by atoms with E-state index in [9.17, 15) is 0 Å². The number of unbranched alkanes of at least 4 members (excludes halogenated alkanes) is 1. The molecular weight excluding hydrogens is 370 g/mol. The van der Waals surface area contributed by atoms with Crippen molar-refractivity contribution in [2.75, 3.05) is 26.3 Å². The van der Waals surface area contributed by atoms with Crippen LogP contribution in [0.5, 0.6) is 0 Å². The molecule has 0 saturated carbocycles. The molecule has 0 aromatic heterocycles. The van der Waals surface area contributed by atoms with Gasteiger partial charge in [-0.05, 0) is 68.7 Å². The summed E-state index contributed by atoms with van der Waals surface area (Å²) in [4.78, 5) is 2.69. The van der Waals surface area contributed by atoms with E-state index in [1.165, 1.54) is 62.7 Å². The van der Waals surface area contributed by atoms with Gasteiger partial charge in [0.15, 0.2) is 6.29 Å². The van der Waals surface area contributed by atoms with Crippen molar-refractivity contribution in [2.24, 2.45) is 5.92 Å². The minimum absolute atomic E-state index is 0.0647. The van der Waals surface area contributed by atoms with Gasteiger partial charge >= 0.3 is 0 Å². The molecule has 4 rings (SSSR count). The molecule has 2 saturated heterocycles. The lowest BCUT2D eigenvalue weighted by Crippen LogP contribution is -2.37. The molecule has 2 heterocycles. The van der Waals surface area contributed by atoms with Crippen LogP contribution in [0.15, 0.2) is 60.7 Å². The summed E-state index contributed by atoms with van der Waals surface area (Å²) in [5, 5.41) is 0. The molecule has 0 amide bonds. The van der Waals surface area contributed by atoms with Crippen LogP contribution in [-0.2, 0) is 9.47 Å². The molecule has 3 heteroatoms. The average Bonchev–Trinajstić information content (AvgIpc) is 2.82. The first-order valence-corrected chi connectivity index (χ1v) is 12.0. The van der Waals surface area contributed by atoms with Crippen LogP contribution < -0.4 is 0 Å². The van der Waals surface area contributed by atoms with Gasteiger partial charge in [0, 0.05) is 13.2 Å². The molecule has 1 atom stereocenters. The topological polar surface area (TPSA) is 21.7 Å². The fourth-order valence-electron chi connectivity index (χ4n) is 4.98. The Balaban J connectivity index is 1.22. The summed E-state index contributed by atoms with van der Waals surface area (Å²) >= 11 is 0. The van der Waals surface area contributed by atoms with Crippen molar-refractivity contribution >= 4 is 0 Å². The van der Waals surface area contributed by atoms with Gasteiger partial charge in [-0.2, -0.15) is 0 Å². The Bertz CT molecular complexity index is 667. The number of hydrogen-bond acceptors (Lipinski definition) is 3. The number of hydrogen-bond donors (Lipinski definition) is 0. The third kappa shape index (κ3) is 6.16. The minimum atomic E-state index is 0.0647. The van der Waals surface area contributed by atoms with Gasteiger partial charge in [-0.3, -0.25) is 4.90 Å². The molecule has 0 spiro atoms. The van der Waals surface area contributed by atoms with Crippen LogP contribution >= 0.6 is 0 Å². The number of piperidine rings is 1. The highest BCUT2D eigenvalue weighted by Crippen LogP contribution is 2.33. The van der Waals surface area contributed by atoms with Crippen molar-refractivity contribution < 1.29 is 9.47 Å². The van der Waals surface area contributed by atoms with Gasteiger partial charge in [-0.1, -0.05) is 73.5 Å². The highest BCUT2D eigenvalue weighted by Gasteiger charge is 2.27. The predicted octanol–water partition coefficient (Wildman–Crippen LogP) is 6.20. The summed E-state index contributed by atoms with van der Waals surface area (Å²) in [7, 11) is 0. The molecule has 2 aromatic carbocycles. The quantitative estimate of drug-likeness (QED) is 0.462. The molecule has 2 aliphatic heterocycles. The number of benzene rings is 2. The van der Waals surface area contributed by atoms with E-state index < -0.39 is 0 Å². The molecular formula is C27H37NO2. The summed E-state index contributed by atoms with van der Waals surface area (Å²) in [6.07, 6.45) is 9.96. The maximum absolute atomic E-state index is 5.89. The molecule has 2 aromatic rings. The number of rotatable bonds is 9. The van der Waals surface area contributed by atoms with E-state index in [2.05, 4.69) is 65.6 Å². The first kappa shape index (κ1) is 21.5. The fourth-order valence-corrected chi connectivity index (χ4v) is 4.98. The molecule has 0 N–H and O–H groups in total. The van der Waals surface area contributed by atoms with E-state index in [1.807, 2.05) is 0 Å². The molecule has 3 nitrogen and oxygen atoms in total. The SMILES string of the molecule is c1ccc(C(c2ccccc2)N2CCC(CCCCOC3CCCCO3)CC2)cc1. The van der Waals surface area contributed by atoms with Gasteiger partial charge in [0.2, 0.25) is 0 Å². The predicted molar refractivity (Wildman–Crippen MR) is 122 cm³/mol. The van der Waals surface area contributed by atoms with Crippen LogP contribution in [0, 0.1) is 5.92 Å². The van der Waals surface area contributed by atoms with Gasteiger partial charge < -0.3 is 9.47 Å². The minimum Gasteiger partial charge on any atom is -0.353 e. The Morgan fingerprint density at radius 2 is 1.50 bits per heavy atom. The first-order valence-electron chi connectivity index (χ1n) is 12.0.